The van der Waals surface area contributed by atoms with E-state index in [0.717, 1.165) is 15.7 Å². The summed E-state index contributed by atoms with van der Waals surface area (Å²) < 4.78 is 40.2. The fourth-order valence-electron chi connectivity index (χ4n) is 1.68. The summed E-state index contributed by atoms with van der Waals surface area (Å²) in [6, 6.07) is 10.2. The lowest BCUT2D eigenvalue weighted by Gasteiger charge is -2.13. The Labute approximate surface area is 141 Å². The Hall–Kier alpha value is -1.09. The third-order valence-corrected chi connectivity index (χ3v) is 3.85. The number of carbonyl (C=O) groups excluding carboxylic acids is 1. The van der Waals surface area contributed by atoms with Crippen molar-refractivity contribution in [2.75, 3.05) is 5.32 Å². The molecule has 0 aromatic heterocycles. The second kappa shape index (κ2) is 6.35. The summed E-state index contributed by atoms with van der Waals surface area (Å²) in [5, 5.41) is 2.46. The van der Waals surface area contributed by atoms with Crippen LogP contribution >= 0.6 is 38.5 Å². The Morgan fingerprint density at radius 1 is 1.10 bits per heavy atom. The van der Waals surface area contributed by atoms with Crippen molar-refractivity contribution in [1.29, 1.82) is 0 Å². The molecule has 0 heterocycles. The number of hydrogen-bond acceptors (Lipinski definition) is 1. The van der Waals surface area contributed by atoms with Gasteiger partial charge >= 0.3 is 6.18 Å². The van der Waals surface area contributed by atoms with E-state index in [0.29, 0.717) is 5.69 Å². The topological polar surface area (TPSA) is 29.1 Å². The van der Waals surface area contributed by atoms with Crippen molar-refractivity contribution < 1.29 is 18.0 Å². The molecule has 0 radical (unpaired) electrons. The number of anilines is 1. The van der Waals surface area contributed by atoms with Gasteiger partial charge in [0, 0.05) is 13.7 Å². The maximum absolute atomic E-state index is 13.0. The molecule has 2 aromatic rings. The molecule has 0 atom stereocenters. The molecule has 2 rings (SSSR count). The van der Waals surface area contributed by atoms with Crippen LogP contribution in [0.1, 0.15) is 15.9 Å². The SMILES string of the molecule is O=C(Nc1ccc(I)cc1)c1ccc(Br)cc1C(F)(F)F. The van der Waals surface area contributed by atoms with Crippen molar-refractivity contribution in [3.63, 3.8) is 0 Å². The van der Waals surface area contributed by atoms with Crippen LogP contribution in [-0.4, -0.2) is 5.91 Å². The van der Waals surface area contributed by atoms with Crippen LogP contribution in [0, 0.1) is 3.57 Å². The maximum Gasteiger partial charge on any atom is 0.417 e. The largest absolute Gasteiger partial charge is 0.417 e. The summed E-state index contributed by atoms with van der Waals surface area (Å²) >= 11 is 5.07. The number of benzene rings is 2. The van der Waals surface area contributed by atoms with Crippen LogP contribution in [0.15, 0.2) is 46.9 Å². The lowest BCUT2D eigenvalue weighted by molar-refractivity contribution is -0.137. The number of alkyl halides is 3. The highest BCUT2D eigenvalue weighted by Gasteiger charge is 2.35. The molecular weight excluding hydrogens is 462 g/mol. The Morgan fingerprint density at radius 2 is 1.71 bits per heavy atom. The molecule has 0 aliphatic rings. The average molecular weight is 470 g/mol. The van der Waals surface area contributed by atoms with E-state index in [1.165, 1.54) is 6.07 Å². The molecule has 0 bridgehead atoms. The second-order valence-corrected chi connectivity index (χ2v) is 6.31. The average Bonchev–Trinajstić information content (AvgIpc) is 2.40. The molecule has 0 aliphatic carbocycles. The smallest absolute Gasteiger partial charge is 0.322 e. The molecule has 1 amide bonds. The molecule has 21 heavy (non-hydrogen) atoms. The normalized spacial score (nSPS) is 11.3. The summed E-state index contributed by atoms with van der Waals surface area (Å²) in [4.78, 5) is 12.0. The third kappa shape index (κ3) is 4.19. The zero-order valence-corrected chi connectivity index (χ0v) is 14.1. The summed E-state index contributed by atoms with van der Waals surface area (Å²) in [7, 11) is 0. The number of nitrogens with one attached hydrogen (secondary N) is 1. The van der Waals surface area contributed by atoms with Crippen LogP contribution in [0.25, 0.3) is 0 Å². The van der Waals surface area contributed by atoms with Crippen LogP contribution in [0.4, 0.5) is 18.9 Å². The van der Waals surface area contributed by atoms with Crippen molar-refractivity contribution >= 4 is 50.1 Å². The maximum atomic E-state index is 13.0. The summed E-state index contributed by atoms with van der Waals surface area (Å²) in [5.74, 6) is -0.795. The van der Waals surface area contributed by atoms with Gasteiger partial charge in [-0.3, -0.25) is 4.79 Å². The van der Waals surface area contributed by atoms with E-state index in [1.54, 1.807) is 24.3 Å². The number of carbonyl (C=O) groups is 1. The molecule has 0 aliphatic heterocycles. The van der Waals surface area contributed by atoms with Crippen molar-refractivity contribution in [3.05, 3.63) is 61.6 Å². The highest BCUT2D eigenvalue weighted by Crippen LogP contribution is 2.34. The summed E-state index contributed by atoms with van der Waals surface area (Å²) in [6.07, 6.45) is -4.59. The van der Waals surface area contributed by atoms with Crippen molar-refractivity contribution in [1.82, 2.24) is 0 Å². The third-order valence-electron chi connectivity index (χ3n) is 2.63. The highest BCUT2D eigenvalue weighted by atomic mass is 127. The van der Waals surface area contributed by atoms with Gasteiger partial charge in [0.15, 0.2) is 0 Å². The minimum Gasteiger partial charge on any atom is -0.322 e. The monoisotopic (exact) mass is 469 g/mol. The van der Waals surface area contributed by atoms with Gasteiger partial charge in [0.05, 0.1) is 11.1 Å². The van der Waals surface area contributed by atoms with Crippen molar-refractivity contribution in [2.45, 2.75) is 6.18 Å². The first-order chi connectivity index (χ1) is 9.77. The lowest BCUT2D eigenvalue weighted by atomic mass is 10.1. The van der Waals surface area contributed by atoms with Gasteiger partial charge in [0.25, 0.3) is 5.91 Å². The molecular formula is C14H8BrF3INO. The van der Waals surface area contributed by atoms with Crippen LogP contribution in [0.2, 0.25) is 0 Å². The van der Waals surface area contributed by atoms with Crippen LogP contribution < -0.4 is 5.32 Å². The fraction of sp³-hybridized carbons (Fsp3) is 0.0714. The van der Waals surface area contributed by atoms with E-state index in [-0.39, 0.29) is 4.47 Å². The molecule has 0 unspecified atom stereocenters. The fourth-order valence-corrected chi connectivity index (χ4v) is 2.40. The van der Waals surface area contributed by atoms with E-state index in [1.807, 2.05) is 0 Å². The van der Waals surface area contributed by atoms with Crippen molar-refractivity contribution in [3.8, 4) is 0 Å². The van der Waals surface area contributed by atoms with Gasteiger partial charge in [-0.2, -0.15) is 13.2 Å². The van der Waals surface area contributed by atoms with E-state index < -0.39 is 23.2 Å². The number of halogens is 5. The van der Waals surface area contributed by atoms with Gasteiger partial charge in [-0.15, -0.1) is 0 Å². The summed E-state index contributed by atoms with van der Waals surface area (Å²) in [5.41, 5.74) is -0.944. The second-order valence-electron chi connectivity index (χ2n) is 4.15. The van der Waals surface area contributed by atoms with E-state index in [4.69, 9.17) is 0 Å². The zero-order valence-electron chi connectivity index (χ0n) is 10.3. The molecule has 2 nitrogen and oxygen atoms in total. The van der Waals surface area contributed by atoms with Crippen LogP contribution in [-0.2, 0) is 6.18 Å². The Balaban J connectivity index is 2.33. The minimum absolute atomic E-state index is 0.264. The first kappa shape index (κ1) is 16.3. The van der Waals surface area contributed by atoms with Crippen LogP contribution in [0.5, 0.6) is 0 Å². The van der Waals surface area contributed by atoms with E-state index in [9.17, 15) is 18.0 Å². The number of amides is 1. The van der Waals surface area contributed by atoms with Gasteiger partial charge in [-0.25, -0.2) is 0 Å². The summed E-state index contributed by atoms with van der Waals surface area (Å²) in [6.45, 7) is 0. The molecule has 0 spiro atoms. The zero-order chi connectivity index (χ0) is 15.6. The number of hydrogen-bond donors (Lipinski definition) is 1. The van der Waals surface area contributed by atoms with Gasteiger partial charge in [0.1, 0.15) is 0 Å². The molecule has 110 valence electrons. The van der Waals surface area contributed by atoms with Crippen LogP contribution in [0.3, 0.4) is 0 Å². The quantitative estimate of drug-likeness (QED) is 0.592. The minimum atomic E-state index is -4.59. The van der Waals surface area contributed by atoms with Gasteiger partial charge in [-0.05, 0) is 65.1 Å². The Bertz CT molecular complexity index is 671. The molecule has 0 fully saturated rings. The standard InChI is InChI=1S/C14H8BrF3INO/c15-8-1-6-11(12(7-8)14(16,17)18)13(21)20-10-4-2-9(19)3-5-10/h1-7H,(H,20,21). The predicted molar refractivity (Wildman–Crippen MR) is 86.3 cm³/mol. The first-order valence-electron chi connectivity index (χ1n) is 5.71. The first-order valence-corrected chi connectivity index (χ1v) is 7.58. The predicted octanol–water partition coefficient (Wildman–Crippen LogP) is 5.32. The van der Waals surface area contributed by atoms with Gasteiger partial charge in [-0.1, -0.05) is 15.9 Å². The van der Waals surface area contributed by atoms with E-state index in [2.05, 4.69) is 43.8 Å². The Kier molecular flexibility index (Phi) is 4.92. The molecule has 0 saturated heterocycles. The number of rotatable bonds is 2. The molecule has 2 aromatic carbocycles. The van der Waals surface area contributed by atoms with E-state index >= 15 is 0 Å². The highest BCUT2D eigenvalue weighted by molar-refractivity contribution is 14.1. The molecule has 0 saturated carbocycles. The van der Waals surface area contributed by atoms with Gasteiger partial charge < -0.3 is 5.32 Å². The molecule has 1 N–H and O–H groups in total. The molecule has 7 heteroatoms. The lowest BCUT2D eigenvalue weighted by Crippen LogP contribution is -2.18. The Morgan fingerprint density at radius 3 is 2.29 bits per heavy atom. The van der Waals surface area contributed by atoms with Crippen molar-refractivity contribution in [2.24, 2.45) is 0 Å². The van der Waals surface area contributed by atoms with Gasteiger partial charge in [0.2, 0.25) is 0 Å².